The molecule has 1 aliphatic heterocycles. The Hall–Kier alpha value is -0.0800. The lowest BCUT2D eigenvalue weighted by molar-refractivity contribution is 0.129. The highest BCUT2D eigenvalue weighted by Gasteiger charge is 2.24. The van der Waals surface area contributed by atoms with Crippen LogP contribution in [-0.2, 0) is 0 Å². The normalized spacial score (nSPS) is 30.5. The minimum atomic E-state index is 0.916. The molecule has 0 bridgehead atoms. The van der Waals surface area contributed by atoms with Crippen LogP contribution in [0.3, 0.4) is 0 Å². The molecule has 1 saturated carbocycles. The highest BCUT2D eigenvalue weighted by Crippen LogP contribution is 2.24. The molecule has 1 saturated heterocycles. The summed E-state index contributed by atoms with van der Waals surface area (Å²) in [6.45, 7) is 3.80. The summed E-state index contributed by atoms with van der Waals surface area (Å²) in [6.07, 6.45) is 7.15. The van der Waals surface area contributed by atoms with Crippen LogP contribution in [-0.4, -0.2) is 37.6 Å². The second-order valence-corrected chi connectivity index (χ2v) is 4.74. The number of nitrogens with one attached hydrogen (secondary N) is 1. The third kappa shape index (κ3) is 2.44. The maximum atomic E-state index is 3.49. The van der Waals surface area contributed by atoms with Crippen LogP contribution in [0.25, 0.3) is 0 Å². The first-order valence-electron chi connectivity index (χ1n) is 5.77. The molecular weight excluding hydrogens is 160 g/mol. The molecule has 0 aromatic carbocycles. The molecule has 76 valence electrons. The van der Waals surface area contributed by atoms with E-state index in [4.69, 9.17) is 0 Å². The zero-order chi connectivity index (χ0) is 9.10. The molecule has 1 atom stereocenters. The lowest BCUT2D eigenvalue weighted by Gasteiger charge is -2.37. The molecule has 0 aromatic heterocycles. The molecule has 2 aliphatic rings. The molecule has 13 heavy (non-hydrogen) atoms. The highest BCUT2D eigenvalue weighted by molar-refractivity contribution is 4.80. The predicted octanol–water partition coefficient (Wildman–Crippen LogP) is 1.47. The summed E-state index contributed by atoms with van der Waals surface area (Å²) in [5.74, 6) is 0.916. The Morgan fingerprint density at radius 3 is 2.62 bits per heavy atom. The summed E-state index contributed by atoms with van der Waals surface area (Å²) in [7, 11) is 2.30. The fourth-order valence-electron chi connectivity index (χ4n) is 2.46. The van der Waals surface area contributed by atoms with Gasteiger partial charge in [-0.15, -0.1) is 0 Å². The van der Waals surface area contributed by atoms with E-state index in [0.29, 0.717) is 0 Å². The lowest BCUT2D eigenvalue weighted by Crippen LogP contribution is -2.43. The van der Waals surface area contributed by atoms with Gasteiger partial charge in [0.25, 0.3) is 0 Å². The van der Waals surface area contributed by atoms with E-state index in [1.165, 1.54) is 51.7 Å². The van der Waals surface area contributed by atoms with E-state index in [1.54, 1.807) is 0 Å². The van der Waals surface area contributed by atoms with Crippen molar-refractivity contribution in [3.05, 3.63) is 0 Å². The van der Waals surface area contributed by atoms with Crippen molar-refractivity contribution in [1.29, 1.82) is 0 Å². The second kappa shape index (κ2) is 4.43. The standard InChI is InChI=1S/C11H22N2/c1-13(11-5-2-6-11)9-10-4-3-7-12-8-10/h10-12H,2-9H2,1H3. The van der Waals surface area contributed by atoms with Crippen molar-refractivity contribution in [2.24, 2.45) is 5.92 Å². The van der Waals surface area contributed by atoms with Crippen molar-refractivity contribution in [3.8, 4) is 0 Å². The number of hydrogen-bond acceptors (Lipinski definition) is 2. The second-order valence-electron chi connectivity index (χ2n) is 4.74. The quantitative estimate of drug-likeness (QED) is 0.711. The Bertz CT molecular complexity index is 148. The van der Waals surface area contributed by atoms with Crippen molar-refractivity contribution in [2.75, 3.05) is 26.7 Å². The Labute approximate surface area is 81.7 Å². The Morgan fingerprint density at radius 2 is 2.08 bits per heavy atom. The summed E-state index contributed by atoms with van der Waals surface area (Å²) >= 11 is 0. The Morgan fingerprint density at radius 1 is 1.23 bits per heavy atom. The Kier molecular flexibility index (Phi) is 3.23. The van der Waals surface area contributed by atoms with Gasteiger partial charge >= 0.3 is 0 Å². The van der Waals surface area contributed by atoms with Gasteiger partial charge in [0.1, 0.15) is 0 Å². The van der Waals surface area contributed by atoms with Gasteiger partial charge in [0.15, 0.2) is 0 Å². The molecule has 2 heteroatoms. The molecule has 0 aromatic rings. The zero-order valence-corrected chi connectivity index (χ0v) is 8.76. The van der Waals surface area contributed by atoms with Gasteiger partial charge in [-0.25, -0.2) is 0 Å². The van der Waals surface area contributed by atoms with E-state index in [-0.39, 0.29) is 0 Å². The number of piperidine rings is 1. The monoisotopic (exact) mass is 182 g/mol. The average molecular weight is 182 g/mol. The Balaban J connectivity index is 1.69. The summed E-state index contributed by atoms with van der Waals surface area (Å²) in [5, 5.41) is 3.49. The summed E-state index contributed by atoms with van der Waals surface area (Å²) < 4.78 is 0. The molecule has 0 spiro atoms. The smallest absolute Gasteiger partial charge is 0.00923 e. The first kappa shape index (κ1) is 9.47. The molecular formula is C11H22N2. The van der Waals surface area contributed by atoms with E-state index in [0.717, 1.165) is 12.0 Å². The molecule has 1 unspecified atom stereocenters. The van der Waals surface area contributed by atoms with E-state index in [9.17, 15) is 0 Å². The van der Waals surface area contributed by atoms with E-state index in [1.807, 2.05) is 0 Å². The van der Waals surface area contributed by atoms with E-state index in [2.05, 4.69) is 17.3 Å². The molecule has 1 heterocycles. The van der Waals surface area contributed by atoms with Crippen molar-refractivity contribution < 1.29 is 0 Å². The SMILES string of the molecule is CN(CC1CCCNC1)C1CCC1. The van der Waals surface area contributed by atoms with Crippen molar-refractivity contribution in [3.63, 3.8) is 0 Å². The van der Waals surface area contributed by atoms with Crippen LogP contribution in [0.15, 0.2) is 0 Å². The molecule has 2 nitrogen and oxygen atoms in total. The molecule has 1 N–H and O–H groups in total. The van der Waals surface area contributed by atoms with Gasteiger partial charge in [-0.3, -0.25) is 0 Å². The van der Waals surface area contributed by atoms with Crippen LogP contribution in [0, 0.1) is 5.92 Å². The number of hydrogen-bond donors (Lipinski definition) is 1. The van der Waals surface area contributed by atoms with Gasteiger partial charge < -0.3 is 10.2 Å². The zero-order valence-electron chi connectivity index (χ0n) is 8.76. The van der Waals surface area contributed by atoms with E-state index >= 15 is 0 Å². The molecule has 0 amide bonds. The molecule has 0 radical (unpaired) electrons. The number of rotatable bonds is 3. The minimum Gasteiger partial charge on any atom is -0.316 e. The molecule has 1 aliphatic carbocycles. The van der Waals surface area contributed by atoms with Crippen LogP contribution in [0.5, 0.6) is 0 Å². The summed E-state index contributed by atoms with van der Waals surface area (Å²) in [5.41, 5.74) is 0. The van der Waals surface area contributed by atoms with Gasteiger partial charge in [-0.05, 0) is 51.7 Å². The highest BCUT2D eigenvalue weighted by atomic mass is 15.1. The van der Waals surface area contributed by atoms with Crippen LogP contribution in [0.4, 0.5) is 0 Å². The maximum absolute atomic E-state index is 3.49. The first-order valence-corrected chi connectivity index (χ1v) is 5.77. The van der Waals surface area contributed by atoms with Crippen molar-refractivity contribution in [1.82, 2.24) is 10.2 Å². The summed E-state index contributed by atoms with van der Waals surface area (Å²) in [6, 6.07) is 0.918. The number of nitrogens with zero attached hydrogens (tertiary/aromatic N) is 1. The van der Waals surface area contributed by atoms with Crippen LogP contribution < -0.4 is 5.32 Å². The predicted molar refractivity (Wildman–Crippen MR) is 55.9 cm³/mol. The largest absolute Gasteiger partial charge is 0.316 e. The van der Waals surface area contributed by atoms with Crippen molar-refractivity contribution >= 4 is 0 Å². The topological polar surface area (TPSA) is 15.3 Å². The first-order chi connectivity index (χ1) is 6.36. The average Bonchev–Trinajstić information content (AvgIpc) is 2.02. The maximum Gasteiger partial charge on any atom is 0.00923 e. The van der Waals surface area contributed by atoms with Crippen LogP contribution >= 0.6 is 0 Å². The van der Waals surface area contributed by atoms with Gasteiger partial charge in [0, 0.05) is 12.6 Å². The van der Waals surface area contributed by atoms with Crippen molar-refractivity contribution in [2.45, 2.75) is 38.1 Å². The third-order valence-corrected chi connectivity index (χ3v) is 3.64. The lowest BCUT2D eigenvalue weighted by atomic mass is 9.90. The fourth-order valence-corrected chi connectivity index (χ4v) is 2.46. The minimum absolute atomic E-state index is 0.916. The third-order valence-electron chi connectivity index (χ3n) is 3.64. The van der Waals surface area contributed by atoms with E-state index < -0.39 is 0 Å². The van der Waals surface area contributed by atoms with Gasteiger partial charge in [0.05, 0.1) is 0 Å². The van der Waals surface area contributed by atoms with Gasteiger partial charge in [-0.1, -0.05) is 6.42 Å². The van der Waals surface area contributed by atoms with Gasteiger partial charge in [0.2, 0.25) is 0 Å². The molecule has 2 rings (SSSR count). The van der Waals surface area contributed by atoms with Crippen LogP contribution in [0.1, 0.15) is 32.1 Å². The van der Waals surface area contributed by atoms with Crippen LogP contribution in [0.2, 0.25) is 0 Å². The summed E-state index contributed by atoms with van der Waals surface area (Å²) in [4.78, 5) is 2.58. The molecule has 2 fully saturated rings. The van der Waals surface area contributed by atoms with Gasteiger partial charge in [-0.2, -0.15) is 0 Å². The fraction of sp³-hybridized carbons (Fsp3) is 1.00.